The highest BCUT2D eigenvalue weighted by Gasteiger charge is 2.59. The van der Waals surface area contributed by atoms with Crippen molar-refractivity contribution in [2.75, 3.05) is 0 Å². The van der Waals surface area contributed by atoms with Crippen molar-refractivity contribution in [2.45, 2.75) is 17.0 Å². The number of allylic oxidation sites excluding steroid dienone is 3. The molecular weight excluding hydrogens is 329 g/mol. The van der Waals surface area contributed by atoms with E-state index in [9.17, 15) is 4.57 Å². The van der Waals surface area contributed by atoms with Crippen LogP contribution >= 0.6 is 15.1 Å². The van der Waals surface area contributed by atoms with E-state index in [4.69, 9.17) is 0 Å². The minimum absolute atomic E-state index is 0. The van der Waals surface area contributed by atoms with Crippen LogP contribution in [0.3, 0.4) is 0 Å². The molecular formula is C20H18BOP2. The number of benzene rings is 2. The summed E-state index contributed by atoms with van der Waals surface area (Å²) in [5.41, 5.74) is 1.31. The molecule has 0 spiro atoms. The first-order valence-corrected chi connectivity index (χ1v) is 11.5. The normalized spacial score (nSPS) is 38.1. The zero-order chi connectivity index (χ0) is 15.4. The monoisotopic (exact) mass is 347 g/mol. The van der Waals surface area contributed by atoms with Gasteiger partial charge in [-0.1, -0.05) is 86.8 Å². The van der Waals surface area contributed by atoms with Gasteiger partial charge in [-0.3, -0.25) is 0 Å². The summed E-state index contributed by atoms with van der Waals surface area (Å²) in [6, 6.07) is 21.0. The summed E-state index contributed by atoms with van der Waals surface area (Å²) in [6.45, 7) is 0. The van der Waals surface area contributed by atoms with Gasteiger partial charge in [-0.25, -0.2) is 0 Å². The van der Waals surface area contributed by atoms with Crippen LogP contribution in [-0.2, 0) is 4.57 Å². The second-order valence-electron chi connectivity index (χ2n) is 6.56. The molecule has 0 N–H and O–H groups in total. The summed E-state index contributed by atoms with van der Waals surface area (Å²) in [5.74, 6) is 2.52. The van der Waals surface area contributed by atoms with Crippen LogP contribution in [0.15, 0.2) is 84.7 Å². The lowest BCUT2D eigenvalue weighted by Gasteiger charge is -2.27. The van der Waals surface area contributed by atoms with Crippen LogP contribution < -0.4 is 10.6 Å². The molecule has 2 aromatic carbocycles. The smallest absolute Gasteiger partial charge is 0.140 e. The molecule has 1 nitrogen and oxygen atoms in total. The maximum absolute atomic E-state index is 13.9. The fraction of sp³-hybridized carbons (Fsp3) is 0.200. The van der Waals surface area contributed by atoms with Crippen LogP contribution in [0.25, 0.3) is 0 Å². The van der Waals surface area contributed by atoms with E-state index in [1.807, 2.05) is 30.3 Å². The molecule has 2 bridgehead atoms. The van der Waals surface area contributed by atoms with E-state index in [0.29, 0.717) is 17.2 Å². The van der Waals surface area contributed by atoms with Crippen molar-refractivity contribution in [2.24, 2.45) is 5.92 Å². The Morgan fingerprint density at radius 3 is 2.12 bits per heavy atom. The summed E-state index contributed by atoms with van der Waals surface area (Å²) in [6.07, 6.45) is 7.04. The second-order valence-corrected chi connectivity index (χ2v) is 11.9. The van der Waals surface area contributed by atoms with E-state index < -0.39 is 7.14 Å². The lowest BCUT2D eigenvalue weighted by molar-refractivity contribution is 0.563. The molecule has 0 aromatic heterocycles. The van der Waals surface area contributed by atoms with E-state index in [1.165, 1.54) is 5.30 Å². The van der Waals surface area contributed by atoms with Gasteiger partial charge in [-0.05, 0) is 17.0 Å². The maximum atomic E-state index is 13.9. The van der Waals surface area contributed by atoms with Gasteiger partial charge >= 0.3 is 0 Å². The molecule has 3 radical (unpaired) electrons. The standard InChI is InChI=1S/C20H18OP2.B/c21-23(16-9-5-2-6-10-16)14-13-17-18-11-12-19(20(17)23)22(18)15-7-3-1-4-8-15;/h1-14,17-20H;/t17-,18+,19-,20-,22+,23?;/m0./s1. The number of hydrogen-bond donors (Lipinski definition) is 0. The highest BCUT2D eigenvalue weighted by molar-refractivity contribution is 7.78. The van der Waals surface area contributed by atoms with Crippen molar-refractivity contribution in [1.82, 2.24) is 0 Å². The molecule has 3 heterocycles. The van der Waals surface area contributed by atoms with Gasteiger partial charge in [0.25, 0.3) is 0 Å². The minimum atomic E-state index is -2.44. The molecule has 24 heavy (non-hydrogen) atoms. The third-order valence-electron chi connectivity index (χ3n) is 5.47. The second kappa shape index (κ2) is 5.87. The molecule has 1 saturated heterocycles. The largest absolute Gasteiger partial charge is 0.314 e. The van der Waals surface area contributed by atoms with Crippen molar-refractivity contribution in [3.63, 3.8) is 0 Å². The highest BCUT2D eigenvalue weighted by Crippen LogP contribution is 2.75. The zero-order valence-corrected chi connectivity index (χ0v) is 15.1. The molecule has 0 saturated carbocycles. The Morgan fingerprint density at radius 2 is 1.42 bits per heavy atom. The van der Waals surface area contributed by atoms with Crippen molar-refractivity contribution < 1.29 is 4.57 Å². The predicted octanol–water partition coefficient (Wildman–Crippen LogP) is 3.93. The van der Waals surface area contributed by atoms with Crippen LogP contribution in [-0.4, -0.2) is 25.4 Å². The van der Waals surface area contributed by atoms with E-state index >= 15 is 0 Å². The van der Waals surface area contributed by atoms with Crippen molar-refractivity contribution in [3.8, 4) is 0 Å². The number of rotatable bonds is 2. The van der Waals surface area contributed by atoms with Gasteiger partial charge in [0.15, 0.2) is 0 Å². The van der Waals surface area contributed by atoms with Gasteiger partial charge in [-0.2, -0.15) is 0 Å². The molecule has 1 fully saturated rings. The maximum Gasteiger partial charge on any atom is 0.140 e. The molecule has 5 rings (SSSR count). The Hall–Kier alpha value is -1.36. The van der Waals surface area contributed by atoms with Gasteiger partial charge < -0.3 is 4.57 Å². The molecule has 1 unspecified atom stereocenters. The average molecular weight is 347 g/mol. The van der Waals surface area contributed by atoms with Crippen LogP contribution in [0.2, 0.25) is 0 Å². The highest BCUT2D eigenvalue weighted by atomic mass is 31.2. The molecule has 4 heteroatoms. The van der Waals surface area contributed by atoms with Crippen LogP contribution in [0, 0.1) is 5.92 Å². The quantitative estimate of drug-likeness (QED) is 0.457. The number of fused-ring (bicyclic) bond motifs is 5. The Morgan fingerprint density at radius 1 is 0.792 bits per heavy atom. The predicted molar refractivity (Wildman–Crippen MR) is 106 cm³/mol. The fourth-order valence-corrected chi connectivity index (χ4v) is 12.2. The molecule has 3 aliphatic heterocycles. The molecule has 2 aromatic rings. The molecule has 0 amide bonds. The molecule has 0 aliphatic carbocycles. The van der Waals surface area contributed by atoms with Crippen LogP contribution in [0.5, 0.6) is 0 Å². The zero-order valence-electron chi connectivity index (χ0n) is 13.3. The van der Waals surface area contributed by atoms with Crippen molar-refractivity contribution in [1.29, 1.82) is 0 Å². The summed E-state index contributed by atoms with van der Waals surface area (Å²) >= 11 is 0. The SMILES string of the molecule is O=P1(c2ccccc2)C=C[C@@H]2[C@H]1[C@@H]1C=C[C@H]2[P@@]1c1ccccc1.[B]. The minimum Gasteiger partial charge on any atom is -0.314 e. The summed E-state index contributed by atoms with van der Waals surface area (Å²) in [5, 5.41) is 2.50. The van der Waals surface area contributed by atoms with Crippen LogP contribution in [0.4, 0.5) is 0 Å². The summed E-state index contributed by atoms with van der Waals surface area (Å²) < 4.78 is 13.9. The lowest BCUT2D eigenvalue weighted by Crippen LogP contribution is -2.27. The van der Waals surface area contributed by atoms with Crippen molar-refractivity contribution in [3.05, 3.63) is 84.7 Å². The lowest BCUT2D eigenvalue weighted by atomic mass is 9.94. The van der Waals surface area contributed by atoms with Gasteiger partial charge in [0.1, 0.15) is 7.14 Å². The topological polar surface area (TPSA) is 17.1 Å². The summed E-state index contributed by atoms with van der Waals surface area (Å²) in [7, 11) is -2.71. The van der Waals surface area contributed by atoms with E-state index in [0.717, 1.165) is 5.30 Å². The van der Waals surface area contributed by atoms with E-state index in [-0.39, 0.29) is 22.0 Å². The van der Waals surface area contributed by atoms with Crippen LogP contribution in [0.1, 0.15) is 0 Å². The summed E-state index contributed by atoms with van der Waals surface area (Å²) in [4.78, 5) is 0. The molecule has 3 aliphatic rings. The third-order valence-corrected chi connectivity index (χ3v) is 12.2. The van der Waals surface area contributed by atoms with E-state index in [1.54, 1.807) is 0 Å². The first-order chi connectivity index (χ1) is 11.3. The Kier molecular flexibility index (Phi) is 3.95. The molecule has 117 valence electrons. The Labute approximate surface area is 146 Å². The van der Waals surface area contributed by atoms with Gasteiger partial charge in [0, 0.05) is 30.7 Å². The van der Waals surface area contributed by atoms with Gasteiger partial charge in [0.05, 0.1) is 0 Å². The van der Waals surface area contributed by atoms with Gasteiger partial charge in [0.2, 0.25) is 0 Å². The first kappa shape index (κ1) is 16.1. The van der Waals surface area contributed by atoms with Gasteiger partial charge in [-0.15, -0.1) is 0 Å². The molecule has 6 atom stereocenters. The average Bonchev–Trinajstić information content (AvgIpc) is 3.27. The van der Waals surface area contributed by atoms with Crippen molar-refractivity contribution >= 4 is 34.1 Å². The van der Waals surface area contributed by atoms with E-state index in [2.05, 4.69) is 54.4 Å². The Bertz CT molecular complexity index is 846. The number of hydrogen-bond acceptors (Lipinski definition) is 1. The first-order valence-electron chi connectivity index (χ1n) is 8.15. The fourth-order valence-electron chi connectivity index (χ4n) is 4.53. The third kappa shape index (κ3) is 2.10. The Balaban J connectivity index is 0.00000146.